The Morgan fingerprint density at radius 2 is 2.12 bits per heavy atom. The van der Waals surface area contributed by atoms with Crippen molar-refractivity contribution in [2.75, 3.05) is 13.1 Å². The number of rotatable bonds is 7. The van der Waals surface area contributed by atoms with E-state index in [0.29, 0.717) is 54.7 Å². The number of piperidine rings is 1. The molecule has 0 bridgehead atoms. The molecule has 3 heterocycles. The normalized spacial score (nSPS) is 17.4. The van der Waals surface area contributed by atoms with Crippen molar-refractivity contribution >= 4 is 38.9 Å². The zero-order chi connectivity index (χ0) is 22.7. The Labute approximate surface area is 195 Å². The van der Waals surface area contributed by atoms with E-state index in [-0.39, 0.29) is 16.7 Å². The van der Waals surface area contributed by atoms with Gasteiger partial charge in [0.2, 0.25) is 17.6 Å². The molecule has 1 N–H and O–H groups in total. The molecule has 1 atom stereocenters. The fourth-order valence-electron chi connectivity index (χ4n) is 3.52. The first-order valence-electron chi connectivity index (χ1n) is 10.3. The third-order valence-corrected chi connectivity index (χ3v) is 8.87. The van der Waals surface area contributed by atoms with Gasteiger partial charge in [-0.15, -0.1) is 11.3 Å². The predicted octanol–water partition coefficient (Wildman–Crippen LogP) is 3.73. The van der Waals surface area contributed by atoms with E-state index >= 15 is 0 Å². The molecule has 32 heavy (non-hydrogen) atoms. The molecule has 0 spiro atoms. The van der Waals surface area contributed by atoms with Gasteiger partial charge < -0.3 is 9.84 Å². The van der Waals surface area contributed by atoms with Gasteiger partial charge in [-0.3, -0.25) is 4.79 Å². The van der Waals surface area contributed by atoms with Crippen molar-refractivity contribution in [3.05, 3.63) is 52.2 Å². The van der Waals surface area contributed by atoms with Gasteiger partial charge in [0.05, 0.1) is 5.92 Å². The monoisotopic (exact) mass is 494 g/mol. The lowest BCUT2D eigenvalue weighted by Gasteiger charge is -2.30. The number of nitrogens with one attached hydrogen (secondary N) is 1. The lowest BCUT2D eigenvalue weighted by Crippen LogP contribution is -2.45. The summed E-state index contributed by atoms with van der Waals surface area (Å²) in [5, 5.41) is 9.15. The van der Waals surface area contributed by atoms with Crippen molar-refractivity contribution in [1.29, 1.82) is 0 Å². The lowest BCUT2D eigenvalue weighted by molar-refractivity contribution is -0.126. The quantitative estimate of drug-likeness (QED) is 0.536. The molecule has 1 fully saturated rings. The van der Waals surface area contributed by atoms with Gasteiger partial charge in [0.25, 0.3) is 10.0 Å². The number of carbonyl (C=O) groups is 1. The van der Waals surface area contributed by atoms with Crippen molar-refractivity contribution in [3.8, 4) is 11.4 Å². The molecule has 8 nitrogen and oxygen atoms in total. The van der Waals surface area contributed by atoms with Crippen LogP contribution in [0.15, 0.2) is 44.4 Å². The van der Waals surface area contributed by atoms with Gasteiger partial charge in [0.1, 0.15) is 4.21 Å². The van der Waals surface area contributed by atoms with Crippen LogP contribution in [0.25, 0.3) is 11.4 Å². The number of hydrogen-bond acceptors (Lipinski definition) is 7. The molecule has 0 unspecified atom stereocenters. The highest BCUT2D eigenvalue weighted by Crippen LogP contribution is 2.31. The van der Waals surface area contributed by atoms with Crippen LogP contribution in [0.2, 0.25) is 5.02 Å². The summed E-state index contributed by atoms with van der Waals surface area (Å²) in [5.74, 6) is 0.330. The predicted molar refractivity (Wildman–Crippen MR) is 122 cm³/mol. The molecule has 1 aliphatic heterocycles. The van der Waals surface area contributed by atoms with E-state index in [1.165, 1.54) is 4.31 Å². The van der Waals surface area contributed by atoms with E-state index < -0.39 is 15.9 Å². The minimum atomic E-state index is -3.72. The van der Waals surface area contributed by atoms with E-state index in [1.807, 2.05) is 19.1 Å². The Kier molecular flexibility index (Phi) is 6.94. The van der Waals surface area contributed by atoms with Crippen LogP contribution in [0.5, 0.6) is 0 Å². The van der Waals surface area contributed by atoms with Crippen molar-refractivity contribution in [1.82, 2.24) is 19.8 Å². The minimum Gasteiger partial charge on any atom is -0.352 e. The van der Waals surface area contributed by atoms with Gasteiger partial charge >= 0.3 is 0 Å². The van der Waals surface area contributed by atoms with Gasteiger partial charge in [-0.1, -0.05) is 35.8 Å². The van der Waals surface area contributed by atoms with Gasteiger partial charge in [0, 0.05) is 42.0 Å². The number of carbonyl (C=O) groups excluding carboxylic acids is 1. The van der Waals surface area contributed by atoms with Gasteiger partial charge in [-0.05, 0) is 36.6 Å². The maximum absolute atomic E-state index is 13.2. The first kappa shape index (κ1) is 22.9. The zero-order valence-corrected chi connectivity index (χ0v) is 19.8. The van der Waals surface area contributed by atoms with Crippen LogP contribution >= 0.6 is 22.9 Å². The maximum atomic E-state index is 13.2. The highest BCUT2D eigenvalue weighted by molar-refractivity contribution is 7.91. The molecule has 1 aliphatic rings. The Hall–Kier alpha value is -2.27. The van der Waals surface area contributed by atoms with Crippen LogP contribution in [-0.2, 0) is 27.8 Å². The van der Waals surface area contributed by atoms with Crippen LogP contribution < -0.4 is 5.32 Å². The number of aromatic nitrogens is 2. The highest BCUT2D eigenvalue weighted by Gasteiger charge is 2.34. The highest BCUT2D eigenvalue weighted by atomic mass is 35.5. The molecular formula is C21H23ClN4O4S2. The Balaban J connectivity index is 1.41. The average molecular weight is 495 g/mol. The fraction of sp³-hybridized carbons (Fsp3) is 0.381. The molecule has 0 saturated carbocycles. The van der Waals surface area contributed by atoms with Crippen molar-refractivity contribution in [3.63, 3.8) is 0 Å². The Bertz CT molecular complexity index is 1190. The number of hydrogen-bond donors (Lipinski definition) is 1. The number of amides is 1. The van der Waals surface area contributed by atoms with E-state index in [9.17, 15) is 13.2 Å². The van der Waals surface area contributed by atoms with Crippen LogP contribution in [-0.4, -0.2) is 41.9 Å². The summed E-state index contributed by atoms with van der Waals surface area (Å²) in [5.41, 5.74) is 1.54. The van der Waals surface area contributed by atoms with E-state index in [1.54, 1.807) is 23.6 Å². The van der Waals surface area contributed by atoms with Crippen molar-refractivity contribution in [2.45, 2.75) is 36.9 Å². The largest absolute Gasteiger partial charge is 0.352 e. The molecule has 1 aromatic carbocycles. The number of sulfonamides is 1. The molecule has 4 rings (SSSR count). The van der Waals surface area contributed by atoms with Crippen LogP contribution in [0.1, 0.15) is 31.2 Å². The molecule has 170 valence electrons. The summed E-state index contributed by atoms with van der Waals surface area (Å²) in [6, 6.07) is 8.80. The summed E-state index contributed by atoms with van der Waals surface area (Å²) in [6.07, 6.45) is 1.88. The second-order valence-electron chi connectivity index (χ2n) is 7.57. The third kappa shape index (κ3) is 5.03. The van der Waals surface area contributed by atoms with Crippen LogP contribution in [0, 0.1) is 5.92 Å². The molecule has 2 aromatic heterocycles. The molecule has 3 aromatic rings. The fourth-order valence-corrected chi connectivity index (χ4v) is 6.48. The van der Waals surface area contributed by atoms with E-state index in [0.717, 1.165) is 16.9 Å². The second kappa shape index (κ2) is 9.70. The number of nitrogens with zero attached hydrogens (tertiary/aromatic N) is 3. The molecule has 1 amide bonds. The van der Waals surface area contributed by atoms with Crippen molar-refractivity contribution in [2.24, 2.45) is 5.92 Å². The number of aryl methyl sites for hydroxylation is 1. The molecule has 0 radical (unpaired) electrons. The smallest absolute Gasteiger partial charge is 0.252 e. The molecule has 1 saturated heterocycles. The Morgan fingerprint density at radius 3 is 2.84 bits per heavy atom. The van der Waals surface area contributed by atoms with Gasteiger partial charge in [-0.25, -0.2) is 8.42 Å². The standard InChI is InChI=1S/C21H23ClN4O4S2/c1-2-18-24-20(25-30-18)16-10-19(31-13-16)32(28,29)26-9-3-4-15(12-26)21(27)23-11-14-5-7-17(22)8-6-14/h5-8,10,13,15H,2-4,9,11-12H2,1H3,(H,23,27)/t15-/m0/s1. The number of thiophene rings is 1. The summed E-state index contributed by atoms with van der Waals surface area (Å²) >= 11 is 7.01. The zero-order valence-electron chi connectivity index (χ0n) is 17.5. The van der Waals surface area contributed by atoms with Gasteiger partial charge in [-0.2, -0.15) is 9.29 Å². The average Bonchev–Trinajstić information content (AvgIpc) is 3.48. The van der Waals surface area contributed by atoms with Crippen molar-refractivity contribution < 1.29 is 17.7 Å². The van der Waals surface area contributed by atoms with E-state index in [2.05, 4.69) is 15.5 Å². The third-order valence-electron chi connectivity index (χ3n) is 5.33. The summed E-state index contributed by atoms with van der Waals surface area (Å²) in [4.78, 5) is 16.9. The summed E-state index contributed by atoms with van der Waals surface area (Å²) in [6.45, 7) is 2.82. The molecule has 11 heteroatoms. The molecular weight excluding hydrogens is 472 g/mol. The minimum absolute atomic E-state index is 0.148. The maximum Gasteiger partial charge on any atom is 0.252 e. The second-order valence-corrected chi connectivity index (χ2v) is 11.1. The Morgan fingerprint density at radius 1 is 1.34 bits per heavy atom. The lowest BCUT2D eigenvalue weighted by atomic mass is 9.99. The van der Waals surface area contributed by atoms with Crippen LogP contribution in [0.4, 0.5) is 0 Å². The molecule has 0 aliphatic carbocycles. The number of halogens is 1. The number of benzene rings is 1. The summed E-state index contributed by atoms with van der Waals surface area (Å²) in [7, 11) is -3.72. The first-order valence-corrected chi connectivity index (χ1v) is 13.0. The van der Waals surface area contributed by atoms with E-state index in [4.69, 9.17) is 16.1 Å². The summed E-state index contributed by atoms with van der Waals surface area (Å²) < 4.78 is 33.1. The first-order chi connectivity index (χ1) is 15.4. The van der Waals surface area contributed by atoms with Gasteiger partial charge in [0.15, 0.2) is 0 Å². The topological polar surface area (TPSA) is 105 Å². The van der Waals surface area contributed by atoms with Crippen LogP contribution in [0.3, 0.4) is 0 Å². The SMILES string of the molecule is CCc1nc(-c2csc(S(=O)(=O)N3CCC[C@H](C(=O)NCc4ccc(Cl)cc4)C3)c2)no1.